The van der Waals surface area contributed by atoms with Crippen LogP contribution in [0.15, 0.2) is 72.8 Å². The van der Waals surface area contributed by atoms with Gasteiger partial charge in [-0.15, -0.1) is 0 Å². The van der Waals surface area contributed by atoms with Gasteiger partial charge in [-0.3, -0.25) is 9.59 Å². The lowest BCUT2D eigenvalue weighted by Crippen LogP contribution is -2.38. The second kappa shape index (κ2) is 9.59. The zero-order valence-corrected chi connectivity index (χ0v) is 19.4. The highest BCUT2D eigenvalue weighted by atomic mass is 16.5. The van der Waals surface area contributed by atoms with E-state index in [1.54, 1.807) is 17.0 Å². The van der Waals surface area contributed by atoms with Crippen LogP contribution >= 0.6 is 0 Å². The van der Waals surface area contributed by atoms with E-state index >= 15 is 0 Å². The number of nitrogens with zero attached hydrogens (tertiary/aromatic N) is 2. The van der Waals surface area contributed by atoms with E-state index in [0.29, 0.717) is 17.9 Å². The van der Waals surface area contributed by atoms with Crippen LogP contribution in [0.5, 0.6) is 5.75 Å². The molecule has 2 aliphatic heterocycles. The summed E-state index contributed by atoms with van der Waals surface area (Å²) in [6.45, 7) is 4.94. The van der Waals surface area contributed by atoms with Gasteiger partial charge in [0.15, 0.2) is 6.61 Å². The van der Waals surface area contributed by atoms with Gasteiger partial charge in [0.05, 0.1) is 12.2 Å². The molecule has 174 valence electrons. The fraction of sp³-hybridized carbons (Fsp3) is 0.286. The van der Waals surface area contributed by atoms with Crippen molar-refractivity contribution >= 4 is 28.9 Å². The van der Waals surface area contributed by atoms with Crippen LogP contribution in [0.1, 0.15) is 35.7 Å². The summed E-state index contributed by atoms with van der Waals surface area (Å²) in [6, 6.07) is 23.0. The quantitative estimate of drug-likeness (QED) is 0.581. The molecule has 2 amide bonds. The number of ether oxygens (including phenoxy) is 1. The molecule has 0 saturated carbocycles. The van der Waals surface area contributed by atoms with E-state index in [1.807, 2.05) is 48.5 Å². The molecule has 1 N–H and O–H groups in total. The SMILES string of the molecule is CC1CCN(c2ccc(NC(=O)c3ccc(CN4C(=O)COc5ccccc54)cc3)cc2)CC1. The third-order valence-electron chi connectivity index (χ3n) is 6.64. The van der Waals surface area contributed by atoms with E-state index < -0.39 is 0 Å². The van der Waals surface area contributed by atoms with Crippen molar-refractivity contribution in [3.63, 3.8) is 0 Å². The van der Waals surface area contributed by atoms with Crippen molar-refractivity contribution in [2.45, 2.75) is 26.3 Å². The molecule has 2 heterocycles. The lowest BCUT2D eigenvalue weighted by molar-refractivity contribution is -0.121. The van der Waals surface area contributed by atoms with Crippen molar-refractivity contribution in [2.24, 2.45) is 5.92 Å². The normalized spacial score (nSPS) is 16.1. The minimum absolute atomic E-state index is 0.0349. The molecule has 6 heteroatoms. The van der Waals surface area contributed by atoms with Crippen LogP contribution in [-0.2, 0) is 11.3 Å². The molecule has 0 spiro atoms. The maximum absolute atomic E-state index is 12.8. The fourth-order valence-electron chi connectivity index (χ4n) is 4.50. The first-order chi connectivity index (χ1) is 16.6. The fourth-order valence-corrected chi connectivity index (χ4v) is 4.50. The van der Waals surface area contributed by atoms with E-state index in [9.17, 15) is 9.59 Å². The van der Waals surface area contributed by atoms with Gasteiger partial charge in [-0.25, -0.2) is 0 Å². The van der Waals surface area contributed by atoms with Gasteiger partial charge in [-0.2, -0.15) is 0 Å². The summed E-state index contributed by atoms with van der Waals surface area (Å²) >= 11 is 0. The van der Waals surface area contributed by atoms with Crippen molar-refractivity contribution in [3.05, 3.63) is 83.9 Å². The van der Waals surface area contributed by atoms with Gasteiger partial charge in [0, 0.05) is 30.0 Å². The van der Waals surface area contributed by atoms with E-state index in [0.717, 1.165) is 35.9 Å². The Morgan fingerprint density at radius 2 is 1.68 bits per heavy atom. The molecule has 34 heavy (non-hydrogen) atoms. The number of nitrogens with one attached hydrogen (secondary N) is 1. The van der Waals surface area contributed by atoms with Gasteiger partial charge in [-0.1, -0.05) is 31.2 Å². The molecule has 3 aromatic carbocycles. The van der Waals surface area contributed by atoms with Gasteiger partial charge in [0.25, 0.3) is 11.8 Å². The zero-order valence-electron chi connectivity index (χ0n) is 19.4. The molecule has 0 aliphatic carbocycles. The van der Waals surface area contributed by atoms with E-state index in [1.165, 1.54) is 18.5 Å². The molecule has 0 aromatic heterocycles. The van der Waals surface area contributed by atoms with Crippen molar-refractivity contribution in [1.82, 2.24) is 0 Å². The first-order valence-corrected chi connectivity index (χ1v) is 11.8. The number of benzene rings is 3. The van der Waals surface area contributed by atoms with Gasteiger partial charge in [0.1, 0.15) is 5.75 Å². The van der Waals surface area contributed by atoms with Gasteiger partial charge >= 0.3 is 0 Å². The summed E-state index contributed by atoms with van der Waals surface area (Å²) in [7, 11) is 0. The van der Waals surface area contributed by atoms with Crippen LogP contribution in [-0.4, -0.2) is 31.5 Å². The molecule has 0 atom stereocenters. The summed E-state index contributed by atoms with van der Waals surface area (Å²) in [6.07, 6.45) is 2.45. The molecule has 0 unspecified atom stereocenters. The summed E-state index contributed by atoms with van der Waals surface area (Å²) in [5.41, 5.74) is 4.27. The van der Waals surface area contributed by atoms with Crippen LogP contribution < -0.4 is 19.9 Å². The summed E-state index contributed by atoms with van der Waals surface area (Å²) in [5, 5.41) is 2.98. The number of carbonyl (C=O) groups is 2. The molecule has 0 bridgehead atoms. The predicted octanol–water partition coefficient (Wildman–Crippen LogP) is 5.10. The molecular formula is C28H29N3O3. The Hall–Kier alpha value is -3.80. The number of carbonyl (C=O) groups excluding carboxylic acids is 2. The Kier molecular flexibility index (Phi) is 6.21. The molecule has 1 fully saturated rings. The Labute approximate surface area is 200 Å². The molecule has 3 aromatic rings. The van der Waals surface area contributed by atoms with Crippen LogP contribution in [0, 0.1) is 5.92 Å². The van der Waals surface area contributed by atoms with Crippen molar-refractivity contribution < 1.29 is 14.3 Å². The monoisotopic (exact) mass is 455 g/mol. The number of amides is 2. The number of anilines is 3. The number of fused-ring (bicyclic) bond motifs is 1. The van der Waals surface area contributed by atoms with Crippen LogP contribution in [0.3, 0.4) is 0 Å². The van der Waals surface area contributed by atoms with Gasteiger partial charge < -0.3 is 19.9 Å². The second-order valence-corrected chi connectivity index (χ2v) is 9.10. The maximum Gasteiger partial charge on any atom is 0.265 e. The van der Waals surface area contributed by atoms with Crippen molar-refractivity contribution in [2.75, 3.05) is 34.8 Å². The number of hydrogen-bond acceptors (Lipinski definition) is 4. The average Bonchev–Trinajstić information content (AvgIpc) is 2.87. The molecular weight excluding hydrogens is 426 g/mol. The lowest BCUT2D eigenvalue weighted by atomic mass is 9.99. The summed E-state index contributed by atoms with van der Waals surface area (Å²) in [5.74, 6) is 1.27. The van der Waals surface area contributed by atoms with E-state index in [-0.39, 0.29) is 18.4 Å². The standard InChI is InChI=1S/C28H29N3O3/c1-20-14-16-30(17-15-20)24-12-10-23(11-13-24)29-28(33)22-8-6-21(7-9-22)18-31-25-4-2-3-5-26(25)34-19-27(31)32/h2-13,20H,14-19H2,1H3,(H,29,33). The maximum atomic E-state index is 12.8. The average molecular weight is 456 g/mol. The number of hydrogen-bond donors (Lipinski definition) is 1. The highest BCUT2D eigenvalue weighted by Gasteiger charge is 2.25. The summed E-state index contributed by atoms with van der Waals surface area (Å²) < 4.78 is 5.51. The largest absolute Gasteiger partial charge is 0.482 e. The molecule has 0 radical (unpaired) electrons. The number of piperidine rings is 1. The minimum atomic E-state index is -0.154. The smallest absolute Gasteiger partial charge is 0.265 e. The highest BCUT2D eigenvalue weighted by Crippen LogP contribution is 2.32. The Bertz CT molecular complexity index is 1170. The van der Waals surface area contributed by atoms with Crippen molar-refractivity contribution in [3.8, 4) is 5.75 Å². The molecule has 6 nitrogen and oxygen atoms in total. The van der Waals surface area contributed by atoms with E-state index in [4.69, 9.17) is 4.74 Å². The summed E-state index contributed by atoms with van der Waals surface area (Å²) in [4.78, 5) is 29.3. The second-order valence-electron chi connectivity index (χ2n) is 9.10. The Morgan fingerprint density at radius 1 is 0.971 bits per heavy atom. The molecule has 5 rings (SSSR count). The van der Waals surface area contributed by atoms with Crippen LogP contribution in [0.25, 0.3) is 0 Å². The minimum Gasteiger partial charge on any atom is -0.482 e. The Morgan fingerprint density at radius 3 is 2.41 bits per heavy atom. The first kappa shape index (κ1) is 22.0. The zero-order chi connectivity index (χ0) is 23.5. The first-order valence-electron chi connectivity index (χ1n) is 11.8. The third kappa shape index (κ3) is 4.76. The number of para-hydroxylation sites is 2. The topological polar surface area (TPSA) is 61.9 Å². The highest BCUT2D eigenvalue weighted by molar-refractivity contribution is 6.04. The number of rotatable bonds is 5. The molecule has 2 aliphatic rings. The van der Waals surface area contributed by atoms with E-state index in [2.05, 4.69) is 29.3 Å². The van der Waals surface area contributed by atoms with Crippen LogP contribution in [0.2, 0.25) is 0 Å². The Balaban J connectivity index is 1.21. The third-order valence-corrected chi connectivity index (χ3v) is 6.64. The predicted molar refractivity (Wildman–Crippen MR) is 135 cm³/mol. The van der Waals surface area contributed by atoms with Gasteiger partial charge in [0.2, 0.25) is 0 Å². The lowest BCUT2D eigenvalue weighted by Gasteiger charge is -2.32. The van der Waals surface area contributed by atoms with Crippen LogP contribution in [0.4, 0.5) is 17.1 Å². The van der Waals surface area contributed by atoms with Crippen molar-refractivity contribution in [1.29, 1.82) is 0 Å². The van der Waals surface area contributed by atoms with Gasteiger partial charge in [-0.05, 0) is 72.9 Å². The molecule has 1 saturated heterocycles.